The molecular formula is C23H30FN5O2S. The Morgan fingerprint density at radius 2 is 1.88 bits per heavy atom. The van der Waals surface area contributed by atoms with Crippen LogP contribution >= 0.6 is 0 Å². The van der Waals surface area contributed by atoms with Gasteiger partial charge in [-0.15, -0.1) is 0 Å². The van der Waals surface area contributed by atoms with Gasteiger partial charge in [-0.25, -0.2) is 17.8 Å². The van der Waals surface area contributed by atoms with Gasteiger partial charge in [0.05, 0.1) is 6.17 Å². The highest BCUT2D eigenvalue weighted by molar-refractivity contribution is 7.90. The molecule has 0 amide bonds. The molecule has 2 heterocycles. The molecule has 1 fully saturated rings. The van der Waals surface area contributed by atoms with Gasteiger partial charge >= 0.3 is 0 Å². The van der Waals surface area contributed by atoms with Crippen molar-refractivity contribution in [1.29, 1.82) is 5.26 Å². The van der Waals surface area contributed by atoms with Gasteiger partial charge in [-0.1, -0.05) is 13.8 Å². The van der Waals surface area contributed by atoms with Crippen LogP contribution in [0.1, 0.15) is 51.8 Å². The van der Waals surface area contributed by atoms with Crippen molar-refractivity contribution in [3.63, 3.8) is 0 Å². The first kappa shape index (κ1) is 24.1. The number of nitriles is 1. The predicted molar refractivity (Wildman–Crippen MR) is 124 cm³/mol. The van der Waals surface area contributed by atoms with Crippen LogP contribution in [0.2, 0.25) is 0 Å². The molecular weight excluding hydrogens is 429 g/mol. The highest BCUT2D eigenvalue weighted by atomic mass is 32.2. The van der Waals surface area contributed by atoms with Gasteiger partial charge in [-0.05, 0) is 62.1 Å². The second-order valence-corrected chi connectivity index (χ2v) is 10.8. The van der Waals surface area contributed by atoms with E-state index >= 15 is 0 Å². The average molecular weight is 460 g/mol. The van der Waals surface area contributed by atoms with Crippen LogP contribution in [0.3, 0.4) is 0 Å². The average Bonchev–Trinajstić information content (AvgIpc) is 2.66. The Kier molecular flexibility index (Phi) is 7.18. The zero-order valence-corrected chi connectivity index (χ0v) is 19.9. The van der Waals surface area contributed by atoms with E-state index in [-0.39, 0.29) is 11.6 Å². The maximum Gasteiger partial charge on any atom is 0.218 e. The van der Waals surface area contributed by atoms with E-state index in [4.69, 9.17) is 0 Å². The lowest BCUT2D eigenvalue weighted by Crippen LogP contribution is -2.60. The molecule has 1 aromatic carbocycles. The number of sulfonamides is 1. The summed E-state index contributed by atoms with van der Waals surface area (Å²) in [6, 6.07) is 8.44. The van der Waals surface area contributed by atoms with Crippen molar-refractivity contribution in [3.8, 4) is 17.2 Å². The summed E-state index contributed by atoms with van der Waals surface area (Å²) in [5, 5.41) is 12.0. The Labute approximate surface area is 189 Å². The molecule has 3 rings (SSSR count). The van der Waals surface area contributed by atoms with Crippen LogP contribution in [0.25, 0.3) is 11.1 Å². The van der Waals surface area contributed by atoms with Gasteiger partial charge in [0.1, 0.15) is 22.8 Å². The topological polar surface area (TPSA) is 98.1 Å². The highest BCUT2D eigenvalue weighted by Crippen LogP contribution is 2.36. The molecule has 7 nitrogen and oxygen atoms in total. The quantitative estimate of drug-likeness (QED) is 0.585. The Balaban J connectivity index is 1.90. The van der Waals surface area contributed by atoms with Gasteiger partial charge in [-0.2, -0.15) is 9.98 Å². The van der Waals surface area contributed by atoms with Crippen molar-refractivity contribution in [3.05, 3.63) is 47.5 Å². The summed E-state index contributed by atoms with van der Waals surface area (Å²) < 4.78 is 42.8. The van der Waals surface area contributed by atoms with Crippen LogP contribution in [-0.2, 0) is 10.0 Å². The molecule has 9 heteroatoms. The Morgan fingerprint density at radius 3 is 2.47 bits per heavy atom. The lowest BCUT2D eigenvalue weighted by molar-refractivity contribution is 0.141. The number of rotatable bonds is 8. The van der Waals surface area contributed by atoms with Crippen LogP contribution in [0.5, 0.6) is 0 Å². The zero-order chi connectivity index (χ0) is 23.6. The lowest BCUT2D eigenvalue weighted by Gasteiger charge is -2.41. The first-order valence-electron chi connectivity index (χ1n) is 10.7. The van der Waals surface area contributed by atoms with E-state index in [1.807, 2.05) is 33.8 Å². The minimum Gasteiger partial charge on any atom is -0.368 e. The van der Waals surface area contributed by atoms with Crippen molar-refractivity contribution < 1.29 is 12.8 Å². The molecule has 0 spiro atoms. The van der Waals surface area contributed by atoms with Crippen LogP contribution in [0.4, 0.5) is 10.1 Å². The smallest absolute Gasteiger partial charge is 0.218 e. The minimum atomic E-state index is -3.52. The third-order valence-corrected chi connectivity index (χ3v) is 7.55. The normalized spacial score (nSPS) is 16.1. The lowest BCUT2D eigenvalue weighted by atomic mass is 9.94. The molecule has 172 valence electrons. The third-order valence-electron chi connectivity index (χ3n) is 5.69. The summed E-state index contributed by atoms with van der Waals surface area (Å²) in [5.41, 5.74) is 2.74. The first-order valence-corrected chi connectivity index (χ1v) is 12.3. The largest absolute Gasteiger partial charge is 0.368 e. The number of hydrogen-bond acceptors (Lipinski definition) is 6. The van der Waals surface area contributed by atoms with Crippen LogP contribution in [0, 0.1) is 17.1 Å². The molecule has 32 heavy (non-hydrogen) atoms. The predicted octanol–water partition coefficient (Wildman–Crippen LogP) is 3.65. The van der Waals surface area contributed by atoms with E-state index in [1.165, 1.54) is 18.3 Å². The molecule has 0 radical (unpaired) electrons. The molecule has 1 aliphatic heterocycles. The van der Waals surface area contributed by atoms with Gasteiger partial charge in [0, 0.05) is 36.6 Å². The number of nitrogens with zero attached hydrogens (tertiary/aromatic N) is 3. The molecule has 1 aliphatic rings. The molecule has 2 aromatic rings. The number of aromatic nitrogens is 1. The maximum atomic E-state index is 14.5. The van der Waals surface area contributed by atoms with E-state index in [1.54, 1.807) is 19.1 Å². The molecule has 1 atom stereocenters. The number of hydrogen-bond donors (Lipinski definition) is 2. The molecule has 2 N–H and O–H groups in total. The molecule has 1 unspecified atom stereocenters. The van der Waals surface area contributed by atoms with E-state index in [9.17, 15) is 18.1 Å². The van der Waals surface area contributed by atoms with E-state index in [0.29, 0.717) is 35.9 Å². The van der Waals surface area contributed by atoms with E-state index in [0.717, 1.165) is 5.56 Å². The monoisotopic (exact) mass is 459 g/mol. The van der Waals surface area contributed by atoms with Crippen molar-refractivity contribution in [2.45, 2.75) is 58.0 Å². The van der Waals surface area contributed by atoms with Gasteiger partial charge in [0.15, 0.2) is 0 Å². The van der Waals surface area contributed by atoms with Crippen molar-refractivity contribution in [1.82, 2.24) is 14.6 Å². The standard InChI is InChI=1S/C23H30FN5O2S/c1-14(2)21-9-18(24)10-22(17-6-7-26-19(8-17)11-25)23(21)27-16(5)28-32(30,31)20-12-29(13-20)15(3)4/h6-10,14-16,20,27-28H,12-13H2,1-5H3. The highest BCUT2D eigenvalue weighted by Gasteiger charge is 2.38. The summed E-state index contributed by atoms with van der Waals surface area (Å²) >= 11 is 0. The van der Waals surface area contributed by atoms with Crippen molar-refractivity contribution in [2.75, 3.05) is 18.4 Å². The zero-order valence-electron chi connectivity index (χ0n) is 19.1. The summed E-state index contributed by atoms with van der Waals surface area (Å²) in [6.45, 7) is 10.7. The number of pyridine rings is 1. The van der Waals surface area contributed by atoms with Crippen molar-refractivity contribution in [2.24, 2.45) is 0 Å². The molecule has 0 bridgehead atoms. The fourth-order valence-corrected chi connectivity index (χ4v) is 5.33. The van der Waals surface area contributed by atoms with Gasteiger partial charge in [0.25, 0.3) is 0 Å². The maximum absolute atomic E-state index is 14.5. The second kappa shape index (κ2) is 9.53. The fraction of sp³-hybridized carbons (Fsp3) is 0.478. The summed E-state index contributed by atoms with van der Waals surface area (Å²) in [4.78, 5) is 6.09. The fourth-order valence-electron chi connectivity index (χ4n) is 3.81. The molecule has 0 saturated carbocycles. The van der Waals surface area contributed by atoms with Gasteiger partial charge < -0.3 is 5.32 Å². The number of nitrogens with one attached hydrogen (secondary N) is 2. The Morgan fingerprint density at radius 1 is 1.19 bits per heavy atom. The Hall–Kier alpha value is -2.54. The second-order valence-electron chi connectivity index (χ2n) is 8.81. The molecule has 1 aromatic heterocycles. The SMILES string of the molecule is CC(Nc1c(-c2ccnc(C#N)c2)cc(F)cc1C(C)C)NS(=O)(=O)C1CN(C(C)C)C1. The summed E-state index contributed by atoms with van der Waals surface area (Å²) in [6.07, 6.45) is 0.882. The number of halogens is 1. The van der Waals surface area contributed by atoms with Crippen LogP contribution in [0.15, 0.2) is 30.5 Å². The molecule has 1 saturated heterocycles. The molecule has 0 aliphatic carbocycles. The minimum absolute atomic E-state index is 0.0146. The van der Waals surface area contributed by atoms with E-state index in [2.05, 4.69) is 19.9 Å². The number of benzene rings is 1. The third kappa shape index (κ3) is 5.26. The van der Waals surface area contributed by atoms with Crippen LogP contribution in [-0.4, -0.2) is 48.8 Å². The van der Waals surface area contributed by atoms with Crippen LogP contribution < -0.4 is 10.0 Å². The van der Waals surface area contributed by atoms with Gasteiger partial charge in [-0.3, -0.25) is 4.90 Å². The number of likely N-dealkylation sites (tertiary alicyclic amines) is 1. The Bertz CT molecular complexity index is 1120. The van der Waals surface area contributed by atoms with Crippen molar-refractivity contribution >= 4 is 15.7 Å². The summed E-state index contributed by atoms with van der Waals surface area (Å²) in [7, 11) is -3.52. The first-order chi connectivity index (χ1) is 15.0. The van der Waals surface area contributed by atoms with Gasteiger partial charge in [0.2, 0.25) is 10.0 Å². The number of anilines is 1. The van der Waals surface area contributed by atoms with E-state index < -0.39 is 27.3 Å². The summed E-state index contributed by atoms with van der Waals surface area (Å²) in [5.74, 6) is -0.416.